The number of alkyl halides is 2. The van der Waals surface area contributed by atoms with Gasteiger partial charge >= 0.3 is 0 Å². The molecule has 0 bridgehead atoms. The largest absolute Gasteiger partial charge is 0.299 e. The SMILES string of the molecule is Cc1ccc(F)cc1CC(=O)C1CCCC(F)(F)C1. The van der Waals surface area contributed by atoms with E-state index in [0.717, 1.165) is 5.56 Å². The Labute approximate surface area is 110 Å². The van der Waals surface area contributed by atoms with E-state index in [4.69, 9.17) is 0 Å². The maximum absolute atomic E-state index is 13.3. The summed E-state index contributed by atoms with van der Waals surface area (Å²) in [4.78, 5) is 12.1. The van der Waals surface area contributed by atoms with Gasteiger partial charge in [-0.1, -0.05) is 6.07 Å². The van der Waals surface area contributed by atoms with E-state index in [2.05, 4.69) is 0 Å². The fraction of sp³-hybridized carbons (Fsp3) is 0.533. The van der Waals surface area contributed by atoms with Crippen LogP contribution in [-0.2, 0) is 11.2 Å². The maximum atomic E-state index is 13.3. The molecule has 0 saturated heterocycles. The normalized spacial score (nSPS) is 22.2. The third-order valence-corrected chi connectivity index (χ3v) is 3.77. The van der Waals surface area contributed by atoms with Gasteiger partial charge < -0.3 is 0 Å². The molecule has 0 amide bonds. The number of carbonyl (C=O) groups is 1. The first kappa shape index (κ1) is 14.1. The highest BCUT2D eigenvalue weighted by atomic mass is 19.3. The van der Waals surface area contributed by atoms with Crippen molar-refractivity contribution in [3.8, 4) is 0 Å². The molecule has 4 heteroatoms. The van der Waals surface area contributed by atoms with Gasteiger partial charge in [0.15, 0.2) is 0 Å². The van der Waals surface area contributed by atoms with E-state index in [1.807, 2.05) is 0 Å². The van der Waals surface area contributed by atoms with Gasteiger partial charge in [-0.2, -0.15) is 0 Å². The number of hydrogen-bond donors (Lipinski definition) is 0. The summed E-state index contributed by atoms with van der Waals surface area (Å²) in [5.41, 5.74) is 1.41. The minimum atomic E-state index is -2.73. The Bertz CT molecular complexity index is 482. The van der Waals surface area contributed by atoms with Crippen LogP contribution < -0.4 is 0 Å². The Kier molecular flexibility index (Phi) is 3.97. The predicted octanol–water partition coefficient (Wildman–Crippen LogP) is 4.07. The lowest BCUT2D eigenvalue weighted by Gasteiger charge is -2.28. The zero-order valence-corrected chi connectivity index (χ0v) is 10.9. The highest BCUT2D eigenvalue weighted by molar-refractivity contribution is 5.83. The molecular weight excluding hydrogens is 253 g/mol. The minimum Gasteiger partial charge on any atom is -0.299 e. The molecule has 1 aliphatic carbocycles. The molecular formula is C15H17F3O. The molecule has 1 aliphatic rings. The molecule has 1 fully saturated rings. The molecule has 104 valence electrons. The smallest absolute Gasteiger partial charge is 0.248 e. The average molecular weight is 270 g/mol. The second kappa shape index (κ2) is 5.35. The lowest BCUT2D eigenvalue weighted by molar-refractivity contribution is -0.129. The van der Waals surface area contributed by atoms with Crippen LogP contribution in [0, 0.1) is 18.7 Å². The first-order valence-electron chi connectivity index (χ1n) is 6.53. The van der Waals surface area contributed by atoms with Gasteiger partial charge in [0.25, 0.3) is 0 Å². The highest BCUT2D eigenvalue weighted by Gasteiger charge is 2.38. The van der Waals surface area contributed by atoms with Crippen LogP contribution in [0.15, 0.2) is 18.2 Å². The fourth-order valence-corrected chi connectivity index (χ4v) is 2.61. The van der Waals surface area contributed by atoms with E-state index in [1.165, 1.54) is 12.1 Å². The second-order valence-electron chi connectivity index (χ2n) is 5.36. The average Bonchev–Trinajstić information content (AvgIpc) is 2.32. The van der Waals surface area contributed by atoms with Crippen LogP contribution in [0.3, 0.4) is 0 Å². The molecule has 0 aliphatic heterocycles. The van der Waals surface area contributed by atoms with Gasteiger partial charge in [0.05, 0.1) is 0 Å². The summed E-state index contributed by atoms with van der Waals surface area (Å²) in [6.07, 6.45) is 0.453. The summed E-state index contributed by atoms with van der Waals surface area (Å²) in [5.74, 6) is -3.92. The van der Waals surface area contributed by atoms with E-state index < -0.39 is 17.7 Å². The van der Waals surface area contributed by atoms with Crippen LogP contribution in [-0.4, -0.2) is 11.7 Å². The number of aryl methyl sites for hydroxylation is 1. The van der Waals surface area contributed by atoms with Crippen molar-refractivity contribution in [1.82, 2.24) is 0 Å². The molecule has 0 N–H and O–H groups in total. The van der Waals surface area contributed by atoms with Crippen molar-refractivity contribution in [1.29, 1.82) is 0 Å². The third-order valence-electron chi connectivity index (χ3n) is 3.77. The Morgan fingerprint density at radius 3 is 2.84 bits per heavy atom. The molecule has 0 aromatic heterocycles. The van der Waals surface area contributed by atoms with Gasteiger partial charge in [-0.15, -0.1) is 0 Å². The molecule has 0 spiro atoms. The van der Waals surface area contributed by atoms with Crippen LogP contribution in [0.1, 0.15) is 36.8 Å². The van der Waals surface area contributed by atoms with E-state index in [9.17, 15) is 18.0 Å². The number of carbonyl (C=O) groups excluding carboxylic acids is 1. The summed E-state index contributed by atoms with van der Waals surface area (Å²) < 4.78 is 39.7. The van der Waals surface area contributed by atoms with Gasteiger partial charge in [-0.05, 0) is 43.0 Å². The van der Waals surface area contributed by atoms with E-state index >= 15 is 0 Å². The topological polar surface area (TPSA) is 17.1 Å². The number of benzene rings is 1. The number of rotatable bonds is 3. The van der Waals surface area contributed by atoms with E-state index in [0.29, 0.717) is 18.4 Å². The van der Waals surface area contributed by atoms with Gasteiger partial charge in [0, 0.05) is 25.2 Å². The summed E-state index contributed by atoms with van der Waals surface area (Å²) in [7, 11) is 0. The quantitative estimate of drug-likeness (QED) is 0.809. The summed E-state index contributed by atoms with van der Waals surface area (Å²) in [6, 6.07) is 4.25. The molecule has 1 aromatic carbocycles. The lowest BCUT2D eigenvalue weighted by Crippen LogP contribution is -2.31. The van der Waals surface area contributed by atoms with Crippen LogP contribution in [0.5, 0.6) is 0 Å². The van der Waals surface area contributed by atoms with Crippen LogP contribution in [0.4, 0.5) is 13.2 Å². The maximum Gasteiger partial charge on any atom is 0.248 e. The van der Waals surface area contributed by atoms with Gasteiger partial charge in [-0.25, -0.2) is 13.2 Å². The molecule has 1 nitrogen and oxygen atoms in total. The molecule has 2 rings (SSSR count). The molecule has 1 atom stereocenters. The minimum absolute atomic E-state index is 0.0460. The van der Waals surface area contributed by atoms with Crippen molar-refractivity contribution in [2.24, 2.45) is 5.92 Å². The first-order chi connectivity index (χ1) is 8.87. The Balaban J connectivity index is 2.06. The number of ketones is 1. The zero-order chi connectivity index (χ0) is 14.0. The monoisotopic (exact) mass is 270 g/mol. The van der Waals surface area contributed by atoms with E-state index in [1.54, 1.807) is 13.0 Å². The second-order valence-corrected chi connectivity index (χ2v) is 5.36. The first-order valence-corrected chi connectivity index (χ1v) is 6.53. The van der Waals surface area contributed by atoms with Crippen molar-refractivity contribution in [2.45, 2.75) is 45.0 Å². The lowest BCUT2D eigenvalue weighted by atomic mass is 9.82. The predicted molar refractivity (Wildman–Crippen MR) is 66.8 cm³/mol. The van der Waals surface area contributed by atoms with Crippen LogP contribution in [0.2, 0.25) is 0 Å². The van der Waals surface area contributed by atoms with E-state index in [-0.39, 0.29) is 25.0 Å². The Morgan fingerprint density at radius 2 is 2.16 bits per heavy atom. The standard InChI is InChI=1S/C15H17F3O/c1-10-4-5-13(16)7-12(10)8-14(19)11-3-2-6-15(17,18)9-11/h4-5,7,11H,2-3,6,8-9H2,1H3. The summed E-state index contributed by atoms with van der Waals surface area (Å²) in [6.45, 7) is 1.79. The van der Waals surface area contributed by atoms with Crippen molar-refractivity contribution >= 4 is 5.78 Å². The molecule has 0 heterocycles. The molecule has 1 unspecified atom stereocenters. The molecule has 0 radical (unpaired) electrons. The molecule has 19 heavy (non-hydrogen) atoms. The van der Waals surface area contributed by atoms with Gasteiger partial charge in [0.2, 0.25) is 5.92 Å². The van der Waals surface area contributed by atoms with Crippen molar-refractivity contribution in [2.75, 3.05) is 0 Å². The number of Topliss-reactive ketones (excluding diaryl/α,β-unsaturated/α-hetero) is 1. The van der Waals surface area contributed by atoms with Crippen LogP contribution in [0.25, 0.3) is 0 Å². The van der Waals surface area contributed by atoms with Crippen molar-refractivity contribution in [3.05, 3.63) is 35.1 Å². The van der Waals surface area contributed by atoms with Crippen molar-refractivity contribution in [3.63, 3.8) is 0 Å². The molecule has 1 aromatic rings. The van der Waals surface area contributed by atoms with Gasteiger partial charge in [-0.3, -0.25) is 4.79 Å². The fourth-order valence-electron chi connectivity index (χ4n) is 2.61. The number of halogens is 3. The number of hydrogen-bond acceptors (Lipinski definition) is 1. The Morgan fingerprint density at radius 1 is 1.42 bits per heavy atom. The zero-order valence-electron chi connectivity index (χ0n) is 10.9. The van der Waals surface area contributed by atoms with Crippen molar-refractivity contribution < 1.29 is 18.0 Å². The van der Waals surface area contributed by atoms with Gasteiger partial charge in [0.1, 0.15) is 11.6 Å². The van der Waals surface area contributed by atoms with Crippen LogP contribution >= 0.6 is 0 Å². The highest BCUT2D eigenvalue weighted by Crippen LogP contribution is 2.37. The third kappa shape index (κ3) is 3.58. The Hall–Kier alpha value is -1.32. The summed E-state index contributed by atoms with van der Waals surface area (Å²) >= 11 is 0. The molecule has 1 saturated carbocycles. The summed E-state index contributed by atoms with van der Waals surface area (Å²) in [5, 5.41) is 0.